The number of nitrogens with one attached hydrogen (secondary N) is 1. The van der Waals surface area contributed by atoms with E-state index < -0.39 is 11.6 Å². The van der Waals surface area contributed by atoms with E-state index in [1.165, 1.54) is 34.9 Å². The molecule has 0 saturated heterocycles. The Morgan fingerprint density at radius 3 is 2.45 bits per heavy atom. The lowest BCUT2D eigenvalue weighted by Crippen LogP contribution is -2.41. The fourth-order valence-corrected chi connectivity index (χ4v) is 5.17. The number of aryl methyl sites for hydroxylation is 1. The van der Waals surface area contributed by atoms with E-state index >= 15 is 0 Å². The summed E-state index contributed by atoms with van der Waals surface area (Å²) in [5.41, 5.74) is 7.16. The number of ether oxygens (including phenoxy) is 2. The van der Waals surface area contributed by atoms with Gasteiger partial charge < -0.3 is 20.5 Å². The number of ketones is 1. The van der Waals surface area contributed by atoms with Crippen LogP contribution in [0.4, 0.5) is 10.2 Å². The monoisotopic (exact) mass is 577 g/mol. The van der Waals surface area contributed by atoms with Crippen molar-refractivity contribution in [3.8, 4) is 11.4 Å². The van der Waals surface area contributed by atoms with Crippen molar-refractivity contribution in [2.45, 2.75) is 71.4 Å². The van der Waals surface area contributed by atoms with Gasteiger partial charge in [-0.25, -0.2) is 4.39 Å². The van der Waals surface area contributed by atoms with Gasteiger partial charge in [0.1, 0.15) is 29.5 Å². The highest BCUT2D eigenvalue weighted by molar-refractivity contribution is 6.11. The minimum Gasteiger partial charge on any atom is -0.494 e. The van der Waals surface area contributed by atoms with Gasteiger partial charge in [-0.05, 0) is 112 Å². The molecule has 42 heavy (non-hydrogen) atoms. The summed E-state index contributed by atoms with van der Waals surface area (Å²) >= 11 is 0. The van der Waals surface area contributed by atoms with Crippen LogP contribution in [0.5, 0.6) is 5.75 Å². The molecule has 0 radical (unpaired) electrons. The molecule has 1 aliphatic rings. The van der Waals surface area contributed by atoms with E-state index in [0.29, 0.717) is 48.9 Å². The van der Waals surface area contributed by atoms with Gasteiger partial charge in [0.15, 0.2) is 5.78 Å². The SMILES string of the molecule is Cc1cc(C(=O)c2ccc(=O)n(-c3ccc(OCCCN[C@@H](CC(C)C)C(=O)OC4CCCC4)cc3)c2N)ccc1F. The molecule has 3 N–H and O–H groups in total. The van der Waals surface area contributed by atoms with Gasteiger partial charge in [-0.2, -0.15) is 0 Å². The van der Waals surface area contributed by atoms with Crippen LogP contribution >= 0.6 is 0 Å². The smallest absolute Gasteiger partial charge is 0.323 e. The number of carbonyl (C=O) groups excluding carboxylic acids is 2. The minimum absolute atomic E-state index is 0.00312. The number of rotatable bonds is 13. The maximum absolute atomic E-state index is 13.7. The number of carbonyl (C=O) groups is 2. The van der Waals surface area contributed by atoms with Gasteiger partial charge in [-0.3, -0.25) is 19.0 Å². The van der Waals surface area contributed by atoms with Crippen molar-refractivity contribution in [2.24, 2.45) is 5.92 Å². The van der Waals surface area contributed by atoms with E-state index in [2.05, 4.69) is 19.2 Å². The van der Waals surface area contributed by atoms with Crippen LogP contribution in [0.3, 0.4) is 0 Å². The topological polar surface area (TPSA) is 113 Å². The molecule has 1 heterocycles. The van der Waals surface area contributed by atoms with Crippen molar-refractivity contribution >= 4 is 17.6 Å². The molecule has 1 aliphatic carbocycles. The summed E-state index contributed by atoms with van der Waals surface area (Å²) in [6.07, 6.45) is 5.59. The van der Waals surface area contributed by atoms with Gasteiger partial charge in [0.2, 0.25) is 0 Å². The van der Waals surface area contributed by atoms with E-state index in [-0.39, 0.29) is 40.6 Å². The Morgan fingerprint density at radius 2 is 1.79 bits per heavy atom. The minimum atomic E-state index is -0.405. The summed E-state index contributed by atoms with van der Waals surface area (Å²) in [6, 6.07) is 13.3. The molecular weight excluding hydrogens is 537 g/mol. The zero-order valence-electron chi connectivity index (χ0n) is 24.5. The van der Waals surface area contributed by atoms with Crippen molar-refractivity contribution in [3.63, 3.8) is 0 Å². The molecule has 9 heteroatoms. The van der Waals surface area contributed by atoms with Crippen LogP contribution in [0.25, 0.3) is 5.69 Å². The first-order valence-electron chi connectivity index (χ1n) is 14.6. The lowest BCUT2D eigenvalue weighted by molar-refractivity contribution is -0.151. The Labute approximate surface area is 246 Å². The molecule has 8 nitrogen and oxygen atoms in total. The van der Waals surface area contributed by atoms with E-state index in [1.54, 1.807) is 31.2 Å². The lowest BCUT2D eigenvalue weighted by atomic mass is 10.0. The normalized spacial score (nSPS) is 14.2. The number of nitrogen functional groups attached to an aromatic ring is 1. The predicted molar refractivity (Wildman–Crippen MR) is 161 cm³/mol. The zero-order chi connectivity index (χ0) is 30.2. The number of anilines is 1. The number of esters is 1. The van der Waals surface area contributed by atoms with E-state index in [4.69, 9.17) is 15.2 Å². The number of nitrogens with zero attached hydrogens (tertiary/aromatic N) is 1. The van der Waals surface area contributed by atoms with Crippen molar-refractivity contribution in [1.29, 1.82) is 0 Å². The Bertz CT molecular complexity index is 1450. The summed E-state index contributed by atoms with van der Waals surface area (Å²) in [5.74, 6) is -0.00518. The second kappa shape index (κ2) is 14.3. The molecule has 0 spiro atoms. The molecule has 0 amide bonds. The fourth-order valence-electron chi connectivity index (χ4n) is 5.17. The highest BCUT2D eigenvalue weighted by Gasteiger charge is 2.26. The molecule has 1 aromatic heterocycles. The van der Waals surface area contributed by atoms with Gasteiger partial charge in [0.25, 0.3) is 5.56 Å². The van der Waals surface area contributed by atoms with Gasteiger partial charge in [0, 0.05) is 11.6 Å². The lowest BCUT2D eigenvalue weighted by Gasteiger charge is -2.21. The highest BCUT2D eigenvalue weighted by Crippen LogP contribution is 2.23. The van der Waals surface area contributed by atoms with E-state index in [0.717, 1.165) is 25.7 Å². The summed E-state index contributed by atoms with van der Waals surface area (Å²) in [6.45, 7) is 6.80. The van der Waals surface area contributed by atoms with Crippen LogP contribution in [0.15, 0.2) is 59.4 Å². The van der Waals surface area contributed by atoms with Crippen molar-refractivity contribution < 1.29 is 23.5 Å². The first-order valence-corrected chi connectivity index (χ1v) is 14.6. The molecule has 0 bridgehead atoms. The first kappa shape index (κ1) is 31.0. The van der Waals surface area contributed by atoms with Crippen LogP contribution in [0.1, 0.15) is 73.9 Å². The maximum Gasteiger partial charge on any atom is 0.323 e. The number of hydrogen-bond acceptors (Lipinski definition) is 7. The largest absolute Gasteiger partial charge is 0.494 e. The third-order valence-electron chi connectivity index (χ3n) is 7.45. The van der Waals surface area contributed by atoms with Crippen LogP contribution < -0.4 is 21.3 Å². The van der Waals surface area contributed by atoms with Gasteiger partial charge >= 0.3 is 5.97 Å². The van der Waals surface area contributed by atoms with E-state index in [1.807, 2.05) is 0 Å². The average Bonchev–Trinajstić information content (AvgIpc) is 3.47. The van der Waals surface area contributed by atoms with Gasteiger partial charge in [-0.1, -0.05) is 13.8 Å². The predicted octanol–water partition coefficient (Wildman–Crippen LogP) is 5.36. The number of pyridine rings is 1. The third kappa shape index (κ3) is 7.85. The summed E-state index contributed by atoms with van der Waals surface area (Å²) in [7, 11) is 0. The molecule has 1 atom stereocenters. The molecule has 1 saturated carbocycles. The van der Waals surface area contributed by atoms with Crippen LogP contribution in [-0.4, -0.2) is 41.6 Å². The molecule has 4 rings (SSSR count). The molecule has 3 aromatic rings. The summed E-state index contributed by atoms with van der Waals surface area (Å²) in [4.78, 5) is 38.5. The molecule has 224 valence electrons. The van der Waals surface area contributed by atoms with Crippen LogP contribution in [0, 0.1) is 18.7 Å². The van der Waals surface area contributed by atoms with Crippen LogP contribution in [0.2, 0.25) is 0 Å². The summed E-state index contributed by atoms with van der Waals surface area (Å²) in [5, 5.41) is 3.33. The first-order chi connectivity index (χ1) is 20.1. The van der Waals surface area contributed by atoms with Crippen molar-refractivity contribution in [2.75, 3.05) is 18.9 Å². The molecule has 2 aromatic carbocycles. The second-order valence-electron chi connectivity index (χ2n) is 11.3. The Kier molecular flexibility index (Phi) is 10.5. The fraction of sp³-hybridized carbons (Fsp3) is 0.424. The third-order valence-corrected chi connectivity index (χ3v) is 7.45. The zero-order valence-corrected chi connectivity index (χ0v) is 24.5. The highest BCUT2D eigenvalue weighted by atomic mass is 19.1. The molecule has 1 fully saturated rings. The standard InChI is InChI=1S/C33H40FN3O5/c1-21(2)19-29(33(40)42-26-7-4-5-8-26)36-17-6-18-41-25-12-10-24(11-13-25)37-30(38)16-14-27(32(37)35)31(39)23-9-15-28(34)22(3)20-23/h9-16,20-21,26,29,36H,4-8,17-19,35H2,1-3H3/t29-/m0/s1. The van der Waals surface area contributed by atoms with E-state index in [9.17, 15) is 18.8 Å². The average molecular weight is 578 g/mol. The Balaban J connectivity index is 1.34. The summed E-state index contributed by atoms with van der Waals surface area (Å²) < 4.78 is 26.5. The number of aromatic nitrogens is 1. The van der Waals surface area contributed by atoms with Gasteiger partial charge in [0.05, 0.1) is 17.9 Å². The van der Waals surface area contributed by atoms with Crippen molar-refractivity contribution in [3.05, 3.63) is 87.5 Å². The number of benzene rings is 2. The molecular formula is C33H40FN3O5. The second-order valence-corrected chi connectivity index (χ2v) is 11.3. The molecule has 0 unspecified atom stereocenters. The maximum atomic E-state index is 13.7. The molecule has 0 aliphatic heterocycles. The van der Waals surface area contributed by atoms with Gasteiger partial charge in [-0.15, -0.1) is 0 Å². The Hall–Kier alpha value is -3.98. The van der Waals surface area contributed by atoms with Crippen molar-refractivity contribution in [1.82, 2.24) is 9.88 Å². The number of hydrogen-bond donors (Lipinski definition) is 2. The Morgan fingerprint density at radius 1 is 1.07 bits per heavy atom. The van der Waals surface area contributed by atoms with Crippen LogP contribution in [-0.2, 0) is 9.53 Å². The number of nitrogens with two attached hydrogens (primary N) is 1. The quantitative estimate of drug-likeness (QED) is 0.160. The number of halogens is 1.